The van der Waals surface area contributed by atoms with Gasteiger partial charge in [-0.1, -0.05) is 0 Å². The van der Waals surface area contributed by atoms with Crippen LogP contribution in [-0.4, -0.2) is 40.6 Å². The van der Waals surface area contributed by atoms with Crippen LogP contribution in [0.4, 0.5) is 0 Å². The van der Waals surface area contributed by atoms with Crippen molar-refractivity contribution in [2.45, 2.75) is 18.8 Å². The predicted octanol–water partition coefficient (Wildman–Crippen LogP) is 0.556. The summed E-state index contributed by atoms with van der Waals surface area (Å²) in [5.41, 5.74) is 2.27. The second kappa shape index (κ2) is 4.97. The lowest BCUT2D eigenvalue weighted by atomic mass is 9.96. The summed E-state index contributed by atoms with van der Waals surface area (Å²) in [7, 11) is 1.61. The molecule has 1 atom stereocenters. The van der Waals surface area contributed by atoms with E-state index in [0.29, 0.717) is 17.1 Å². The number of rotatable bonds is 2. The zero-order valence-corrected chi connectivity index (χ0v) is 10.9. The Hall–Kier alpha value is -1.95. The minimum Gasteiger partial charge on any atom is -0.355 e. The SMILES string of the molecule is CNC(=O)c1cnn2c([C@H]3CCCNC3)ccnc12. The molecule has 1 aliphatic heterocycles. The van der Waals surface area contributed by atoms with Gasteiger partial charge >= 0.3 is 0 Å². The number of carbonyl (C=O) groups excluding carboxylic acids is 1. The molecule has 2 aromatic rings. The molecule has 19 heavy (non-hydrogen) atoms. The van der Waals surface area contributed by atoms with E-state index in [4.69, 9.17) is 0 Å². The van der Waals surface area contributed by atoms with Crippen molar-refractivity contribution in [2.24, 2.45) is 0 Å². The maximum Gasteiger partial charge on any atom is 0.256 e. The van der Waals surface area contributed by atoms with Crippen LogP contribution in [-0.2, 0) is 0 Å². The number of piperidine rings is 1. The van der Waals surface area contributed by atoms with Crippen LogP contribution in [0.3, 0.4) is 0 Å². The molecule has 1 fully saturated rings. The summed E-state index contributed by atoms with van der Waals surface area (Å²) in [5, 5.41) is 10.3. The Morgan fingerprint density at radius 1 is 1.58 bits per heavy atom. The maximum absolute atomic E-state index is 11.8. The van der Waals surface area contributed by atoms with Crippen LogP contribution in [0, 0.1) is 0 Å². The summed E-state index contributed by atoms with van der Waals surface area (Å²) in [6.45, 7) is 2.03. The first-order chi connectivity index (χ1) is 9.31. The monoisotopic (exact) mass is 259 g/mol. The molecule has 0 radical (unpaired) electrons. The van der Waals surface area contributed by atoms with Crippen molar-refractivity contribution in [1.29, 1.82) is 0 Å². The van der Waals surface area contributed by atoms with Gasteiger partial charge in [0.2, 0.25) is 0 Å². The first-order valence-electron chi connectivity index (χ1n) is 6.56. The summed E-state index contributed by atoms with van der Waals surface area (Å²) in [5.74, 6) is 0.276. The molecule has 1 saturated heterocycles. The van der Waals surface area contributed by atoms with E-state index in [1.165, 1.54) is 0 Å². The lowest BCUT2D eigenvalue weighted by Gasteiger charge is -2.23. The van der Waals surface area contributed by atoms with Crippen LogP contribution in [0.1, 0.15) is 34.8 Å². The molecule has 3 heterocycles. The topological polar surface area (TPSA) is 71.3 Å². The molecule has 0 spiro atoms. The van der Waals surface area contributed by atoms with E-state index in [2.05, 4.69) is 20.7 Å². The molecule has 6 nitrogen and oxygen atoms in total. The van der Waals surface area contributed by atoms with Crippen LogP contribution >= 0.6 is 0 Å². The van der Waals surface area contributed by atoms with E-state index in [1.807, 2.05) is 6.07 Å². The van der Waals surface area contributed by atoms with Gasteiger partial charge in [0, 0.05) is 25.7 Å². The van der Waals surface area contributed by atoms with Gasteiger partial charge < -0.3 is 10.6 Å². The molecule has 0 aliphatic carbocycles. The van der Waals surface area contributed by atoms with Gasteiger partial charge in [-0.2, -0.15) is 5.10 Å². The fraction of sp³-hybridized carbons (Fsp3) is 0.462. The van der Waals surface area contributed by atoms with Crippen molar-refractivity contribution >= 4 is 11.6 Å². The molecule has 0 bridgehead atoms. The van der Waals surface area contributed by atoms with Gasteiger partial charge in [-0.15, -0.1) is 0 Å². The van der Waals surface area contributed by atoms with E-state index in [9.17, 15) is 4.79 Å². The number of aromatic nitrogens is 3. The van der Waals surface area contributed by atoms with E-state index in [-0.39, 0.29) is 5.91 Å². The average Bonchev–Trinajstić information content (AvgIpc) is 2.91. The van der Waals surface area contributed by atoms with Crippen molar-refractivity contribution < 1.29 is 4.79 Å². The highest BCUT2D eigenvalue weighted by Crippen LogP contribution is 2.23. The number of fused-ring (bicyclic) bond motifs is 1. The molecular weight excluding hydrogens is 242 g/mol. The smallest absolute Gasteiger partial charge is 0.256 e. The number of nitrogens with one attached hydrogen (secondary N) is 2. The van der Waals surface area contributed by atoms with Crippen LogP contribution in [0.5, 0.6) is 0 Å². The molecule has 0 aromatic carbocycles. The Morgan fingerprint density at radius 3 is 3.21 bits per heavy atom. The number of amides is 1. The highest BCUT2D eigenvalue weighted by atomic mass is 16.1. The third-order valence-electron chi connectivity index (χ3n) is 3.62. The molecule has 1 amide bonds. The summed E-state index contributed by atoms with van der Waals surface area (Å²) in [6, 6.07) is 1.99. The van der Waals surface area contributed by atoms with Gasteiger partial charge in [0.15, 0.2) is 5.65 Å². The van der Waals surface area contributed by atoms with E-state index in [0.717, 1.165) is 31.6 Å². The van der Waals surface area contributed by atoms with Gasteiger partial charge in [-0.25, -0.2) is 9.50 Å². The van der Waals surface area contributed by atoms with Crippen LogP contribution < -0.4 is 10.6 Å². The molecule has 6 heteroatoms. The quantitative estimate of drug-likeness (QED) is 0.826. The summed E-state index contributed by atoms with van der Waals surface area (Å²) in [4.78, 5) is 16.0. The van der Waals surface area contributed by atoms with Crippen LogP contribution in [0.25, 0.3) is 5.65 Å². The normalized spacial score (nSPS) is 19.5. The van der Waals surface area contributed by atoms with Gasteiger partial charge in [0.1, 0.15) is 5.56 Å². The minimum absolute atomic E-state index is 0.151. The first kappa shape index (κ1) is 12.1. The number of hydrogen-bond donors (Lipinski definition) is 2. The number of nitrogens with zero attached hydrogens (tertiary/aromatic N) is 3. The largest absolute Gasteiger partial charge is 0.355 e. The molecule has 0 saturated carbocycles. The average molecular weight is 259 g/mol. The Kier molecular flexibility index (Phi) is 3.16. The number of hydrogen-bond acceptors (Lipinski definition) is 4. The Balaban J connectivity index is 2.06. The Bertz CT molecular complexity index is 600. The standard InChI is InChI=1S/C13H17N5O/c1-14-13(19)10-8-17-18-11(4-6-16-12(10)18)9-3-2-5-15-7-9/h4,6,8-9,15H,2-3,5,7H2,1H3,(H,14,19)/t9-/m0/s1. The molecule has 1 aliphatic rings. The predicted molar refractivity (Wildman–Crippen MR) is 71.2 cm³/mol. The van der Waals surface area contributed by atoms with Gasteiger partial charge in [-0.3, -0.25) is 4.79 Å². The Morgan fingerprint density at radius 2 is 2.47 bits per heavy atom. The van der Waals surface area contributed by atoms with E-state index < -0.39 is 0 Å². The molecule has 100 valence electrons. The van der Waals surface area contributed by atoms with Crippen molar-refractivity contribution in [3.63, 3.8) is 0 Å². The second-order valence-electron chi connectivity index (χ2n) is 4.79. The summed E-state index contributed by atoms with van der Waals surface area (Å²) < 4.78 is 1.79. The molecular formula is C13H17N5O. The highest BCUT2D eigenvalue weighted by Gasteiger charge is 2.20. The Labute approximate surface area is 111 Å². The zero-order chi connectivity index (χ0) is 13.2. The molecule has 3 rings (SSSR count). The highest BCUT2D eigenvalue weighted by molar-refractivity contribution is 5.99. The van der Waals surface area contributed by atoms with Crippen molar-refractivity contribution in [1.82, 2.24) is 25.2 Å². The first-order valence-corrected chi connectivity index (χ1v) is 6.56. The second-order valence-corrected chi connectivity index (χ2v) is 4.79. The lowest BCUT2D eigenvalue weighted by Crippen LogP contribution is -2.29. The van der Waals surface area contributed by atoms with Crippen LogP contribution in [0.15, 0.2) is 18.5 Å². The van der Waals surface area contributed by atoms with Crippen molar-refractivity contribution in [3.05, 3.63) is 29.7 Å². The van der Waals surface area contributed by atoms with E-state index >= 15 is 0 Å². The van der Waals surface area contributed by atoms with Crippen molar-refractivity contribution in [2.75, 3.05) is 20.1 Å². The summed E-state index contributed by atoms with van der Waals surface area (Å²) in [6.07, 6.45) is 5.65. The zero-order valence-electron chi connectivity index (χ0n) is 10.9. The third-order valence-corrected chi connectivity index (χ3v) is 3.62. The van der Waals surface area contributed by atoms with Gasteiger partial charge in [0.05, 0.1) is 11.9 Å². The third kappa shape index (κ3) is 2.08. The van der Waals surface area contributed by atoms with Crippen molar-refractivity contribution in [3.8, 4) is 0 Å². The fourth-order valence-electron chi connectivity index (χ4n) is 2.62. The van der Waals surface area contributed by atoms with Crippen LogP contribution in [0.2, 0.25) is 0 Å². The van der Waals surface area contributed by atoms with Gasteiger partial charge in [-0.05, 0) is 25.5 Å². The molecule has 0 unspecified atom stereocenters. The molecule has 2 N–H and O–H groups in total. The molecule has 2 aromatic heterocycles. The summed E-state index contributed by atoms with van der Waals surface area (Å²) >= 11 is 0. The fourth-order valence-corrected chi connectivity index (χ4v) is 2.62. The lowest BCUT2D eigenvalue weighted by molar-refractivity contribution is 0.0964. The maximum atomic E-state index is 11.8. The minimum atomic E-state index is -0.151. The van der Waals surface area contributed by atoms with E-state index in [1.54, 1.807) is 24.0 Å². The van der Waals surface area contributed by atoms with Gasteiger partial charge in [0.25, 0.3) is 5.91 Å². The number of carbonyl (C=O) groups is 1.